The van der Waals surface area contributed by atoms with Crippen molar-refractivity contribution in [2.24, 2.45) is 11.8 Å². The number of hydrogen-bond acceptors (Lipinski definition) is 4. The summed E-state index contributed by atoms with van der Waals surface area (Å²) in [6, 6.07) is 0. The molecule has 0 radical (unpaired) electrons. The van der Waals surface area contributed by atoms with E-state index < -0.39 is 11.9 Å². The lowest BCUT2D eigenvalue weighted by Crippen LogP contribution is -2.23. The Kier molecular flexibility index (Phi) is 4.73. The van der Waals surface area contributed by atoms with Crippen LogP contribution in [0.1, 0.15) is 47.0 Å². The molecule has 0 unspecified atom stereocenters. The van der Waals surface area contributed by atoms with E-state index in [1.54, 1.807) is 0 Å². The molecule has 1 saturated heterocycles. The largest absolute Gasteiger partial charge is 0.392 e. The zero-order chi connectivity index (χ0) is 13.0. The molecule has 0 atom stereocenters. The van der Waals surface area contributed by atoms with Gasteiger partial charge in [-0.05, 0) is 24.7 Å². The third-order valence-electron chi connectivity index (χ3n) is 2.30. The quantitative estimate of drug-likeness (QED) is 0.560. The van der Waals surface area contributed by atoms with E-state index in [1.807, 2.05) is 0 Å². The molecule has 4 nitrogen and oxygen atoms in total. The van der Waals surface area contributed by atoms with Gasteiger partial charge in [-0.15, -0.1) is 0 Å². The summed E-state index contributed by atoms with van der Waals surface area (Å²) >= 11 is 0. The van der Waals surface area contributed by atoms with E-state index in [0.29, 0.717) is 11.8 Å². The number of ether oxygens (including phenoxy) is 2. The average molecular weight is 240 g/mol. The van der Waals surface area contributed by atoms with Gasteiger partial charge in [0.25, 0.3) is 5.95 Å². The highest BCUT2D eigenvalue weighted by Gasteiger charge is 2.27. The molecule has 96 valence electrons. The van der Waals surface area contributed by atoms with Gasteiger partial charge >= 0.3 is 11.9 Å². The Morgan fingerprint density at radius 2 is 1.41 bits per heavy atom. The Hall–Kier alpha value is -1.32. The van der Waals surface area contributed by atoms with Crippen LogP contribution in [0.3, 0.4) is 0 Å². The first-order chi connectivity index (χ1) is 7.88. The summed E-state index contributed by atoms with van der Waals surface area (Å²) in [4.78, 5) is 22.4. The maximum atomic E-state index is 11.2. The van der Waals surface area contributed by atoms with Gasteiger partial charge in [0.15, 0.2) is 0 Å². The highest BCUT2D eigenvalue weighted by Crippen LogP contribution is 2.26. The topological polar surface area (TPSA) is 52.6 Å². The third-order valence-corrected chi connectivity index (χ3v) is 2.30. The van der Waals surface area contributed by atoms with Gasteiger partial charge in [-0.25, -0.2) is 0 Å². The average Bonchev–Trinajstić information content (AvgIpc) is 2.13. The van der Waals surface area contributed by atoms with Crippen LogP contribution in [0.4, 0.5) is 0 Å². The fourth-order valence-corrected chi connectivity index (χ4v) is 1.80. The van der Waals surface area contributed by atoms with Gasteiger partial charge in [0.1, 0.15) is 6.42 Å². The minimum absolute atomic E-state index is 0.119. The molecule has 1 heterocycles. The lowest BCUT2D eigenvalue weighted by Gasteiger charge is -2.20. The smallest absolute Gasteiger partial charge is 0.324 e. The van der Waals surface area contributed by atoms with Crippen LogP contribution in [-0.2, 0) is 19.1 Å². The molecule has 4 heteroatoms. The highest BCUT2D eigenvalue weighted by molar-refractivity contribution is 5.93. The SMILES string of the molecule is CC(C)CC(CC(C)C)=C1OC(=O)CC(=O)O1. The van der Waals surface area contributed by atoms with Crippen molar-refractivity contribution in [2.75, 3.05) is 0 Å². The van der Waals surface area contributed by atoms with Crippen LogP contribution in [0.25, 0.3) is 0 Å². The summed E-state index contributed by atoms with van der Waals surface area (Å²) in [6.45, 7) is 8.31. The first-order valence-corrected chi connectivity index (χ1v) is 6.01. The Labute approximate surface area is 102 Å². The van der Waals surface area contributed by atoms with E-state index in [0.717, 1.165) is 18.4 Å². The van der Waals surface area contributed by atoms with Gasteiger partial charge in [0.2, 0.25) is 0 Å². The summed E-state index contributed by atoms with van der Waals surface area (Å²) in [5.74, 6) is -0.0812. The number of rotatable bonds is 4. The molecule has 0 aliphatic carbocycles. The standard InChI is InChI=1S/C13H20O4/c1-8(2)5-10(6-9(3)4)13-16-11(14)7-12(15)17-13/h8-9H,5-7H2,1-4H3. The minimum Gasteiger partial charge on any atom is -0.392 e. The number of carbonyl (C=O) groups is 2. The van der Waals surface area contributed by atoms with Crippen LogP contribution < -0.4 is 0 Å². The van der Waals surface area contributed by atoms with Crippen molar-refractivity contribution in [2.45, 2.75) is 47.0 Å². The van der Waals surface area contributed by atoms with Crippen LogP contribution in [0.5, 0.6) is 0 Å². The predicted molar refractivity (Wildman–Crippen MR) is 62.7 cm³/mol. The molecular formula is C13H20O4. The van der Waals surface area contributed by atoms with E-state index >= 15 is 0 Å². The van der Waals surface area contributed by atoms with E-state index in [2.05, 4.69) is 27.7 Å². The maximum absolute atomic E-state index is 11.2. The fourth-order valence-electron chi connectivity index (χ4n) is 1.80. The molecule has 0 aromatic carbocycles. The summed E-state index contributed by atoms with van der Waals surface area (Å²) < 4.78 is 10.0. The van der Waals surface area contributed by atoms with Crippen LogP contribution in [0.2, 0.25) is 0 Å². The molecular weight excluding hydrogens is 220 g/mol. The number of carbonyl (C=O) groups excluding carboxylic acids is 2. The molecule has 0 aromatic heterocycles. The highest BCUT2D eigenvalue weighted by atomic mass is 16.7. The molecule has 1 aliphatic heterocycles. The Morgan fingerprint density at radius 1 is 1.00 bits per heavy atom. The Bertz CT molecular complexity index is 309. The molecule has 17 heavy (non-hydrogen) atoms. The van der Waals surface area contributed by atoms with Gasteiger partial charge in [-0.1, -0.05) is 27.7 Å². The van der Waals surface area contributed by atoms with Crippen LogP contribution in [0, 0.1) is 11.8 Å². The maximum Gasteiger partial charge on any atom is 0.324 e. The molecule has 1 fully saturated rings. The van der Waals surface area contributed by atoms with E-state index in [1.165, 1.54) is 0 Å². The molecule has 0 saturated carbocycles. The summed E-state index contributed by atoms with van der Waals surface area (Å²) in [5, 5.41) is 0. The van der Waals surface area contributed by atoms with Crippen LogP contribution in [0.15, 0.2) is 11.5 Å². The number of cyclic esters (lactones) is 2. The summed E-state index contributed by atoms with van der Waals surface area (Å²) in [6.07, 6.45) is 1.25. The van der Waals surface area contributed by atoms with Crippen molar-refractivity contribution < 1.29 is 19.1 Å². The summed E-state index contributed by atoms with van der Waals surface area (Å²) in [5.41, 5.74) is 0.913. The predicted octanol–water partition coefficient (Wildman–Crippen LogP) is 2.78. The zero-order valence-corrected chi connectivity index (χ0v) is 10.9. The van der Waals surface area contributed by atoms with Crippen LogP contribution in [-0.4, -0.2) is 11.9 Å². The number of hydrogen-bond donors (Lipinski definition) is 0. The molecule has 0 amide bonds. The van der Waals surface area contributed by atoms with Crippen molar-refractivity contribution in [1.82, 2.24) is 0 Å². The molecule has 0 bridgehead atoms. The van der Waals surface area contributed by atoms with E-state index in [4.69, 9.17) is 9.47 Å². The summed E-state index contributed by atoms with van der Waals surface area (Å²) in [7, 11) is 0. The third kappa shape index (κ3) is 4.59. The number of allylic oxidation sites excluding steroid dienone is 1. The molecule has 0 spiro atoms. The van der Waals surface area contributed by atoms with Crippen molar-refractivity contribution in [1.29, 1.82) is 0 Å². The van der Waals surface area contributed by atoms with Gasteiger partial charge < -0.3 is 9.47 Å². The van der Waals surface area contributed by atoms with Gasteiger partial charge in [0, 0.05) is 5.57 Å². The lowest BCUT2D eigenvalue weighted by atomic mass is 9.95. The Balaban J connectivity index is 2.90. The second-order valence-corrected chi connectivity index (χ2v) is 5.21. The van der Waals surface area contributed by atoms with Gasteiger partial charge in [-0.2, -0.15) is 0 Å². The van der Waals surface area contributed by atoms with E-state index in [9.17, 15) is 9.59 Å². The molecule has 0 aromatic rings. The first-order valence-electron chi connectivity index (χ1n) is 6.01. The van der Waals surface area contributed by atoms with Gasteiger partial charge in [0.05, 0.1) is 0 Å². The van der Waals surface area contributed by atoms with Crippen molar-refractivity contribution in [3.05, 3.63) is 11.5 Å². The fraction of sp³-hybridized carbons (Fsp3) is 0.692. The lowest BCUT2D eigenvalue weighted by molar-refractivity contribution is -0.167. The minimum atomic E-state index is -0.527. The normalized spacial score (nSPS) is 16.2. The molecule has 1 rings (SSSR count). The second kappa shape index (κ2) is 5.84. The molecule has 0 N–H and O–H groups in total. The zero-order valence-electron chi connectivity index (χ0n) is 10.9. The van der Waals surface area contributed by atoms with Gasteiger partial charge in [-0.3, -0.25) is 9.59 Å². The first kappa shape index (κ1) is 13.7. The van der Waals surface area contributed by atoms with Crippen molar-refractivity contribution >= 4 is 11.9 Å². The van der Waals surface area contributed by atoms with Crippen molar-refractivity contribution in [3.8, 4) is 0 Å². The Morgan fingerprint density at radius 3 is 1.76 bits per heavy atom. The number of esters is 2. The monoisotopic (exact) mass is 240 g/mol. The van der Waals surface area contributed by atoms with E-state index in [-0.39, 0.29) is 12.4 Å². The van der Waals surface area contributed by atoms with Crippen LogP contribution >= 0.6 is 0 Å². The van der Waals surface area contributed by atoms with Crippen molar-refractivity contribution in [3.63, 3.8) is 0 Å². The molecule has 1 aliphatic rings. The second-order valence-electron chi connectivity index (χ2n) is 5.21.